The molecule has 1 amide bonds. The van der Waals surface area contributed by atoms with Crippen LogP contribution in [0.1, 0.15) is 24.8 Å². The third kappa shape index (κ3) is 3.87. The second-order valence-electron chi connectivity index (χ2n) is 7.70. The van der Waals surface area contributed by atoms with Crippen LogP contribution in [0.4, 0.5) is 5.69 Å². The molecule has 2 aromatic rings. The minimum Gasteiger partial charge on any atom is -0.493 e. The highest BCUT2D eigenvalue weighted by atomic mass is 32.1. The molecule has 7 nitrogen and oxygen atoms in total. The van der Waals surface area contributed by atoms with Crippen LogP contribution in [0, 0.1) is 0 Å². The zero-order valence-corrected chi connectivity index (χ0v) is 18.8. The zero-order chi connectivity index (χ0) is 22.0. The summed E-state index contributed by atoms with van der Waals surface area (Å²) in [5, 5.41) is 7.35. The number of carbonyl (C=O) groups excluding carboxylic acids is 1. The van der Waals surface area contributed by atoms with Crippen molar-refractivity contribution >= 4 is 28.9 Å². The Balaban J connectivity index is 1.53. The number of ether oxygens (including phenoxy) is 3. The van der Waals surface area contributed by atoms with Gasteiger partial charge in [0.15, 0.2) is 16.6 Å². The van der Waals surface area contributed by atoms with Crippen LogP contribution in [0.3, 0.4) is 0 Å². The largest absolute Gasteiger partial charge is 0.493 e. The monoisotopic (exact) mass is 441 g/mol. The van der Waals surface area contributed by atoms with Crippen LogP contribution < -0.4 is 19.5 Å². The van der Waals surface area contributed by atoms with E-state index in [2.05, 4.69) is 5.32 Å². The first-order valence-electron chi connectivity index (χ1n) is 10.3. The maximum Gasteiger partial charge on any atom is 0.251 e. The van der Waals surface area contributed by atoms with E-state index in [9.17, 15) is 4.79 Å². The van der Waals surface area contributed by atoms with Crippen molar-refractivity contribution in [1.82, 2.24) is 10.0 Å². The fraction of sp³-hybridized carbons (Fsp3) is 0.391. The first-order valence-corrected chi connectivity index (χ1v) is 10.7. The van der Waals surface area contributed by atoms with E-state index >= 15 is 0 Å². The summed E-state index contributed by atoms with van der Waals surface area (Å²) in [6, 6.07) is 13.6. The van der Waals surface area contributed by atoms with Gasteiger partial charge in [0.1, 0.15) is 0 Å². The number of amides is 1. The van der Waals surface area contributed by atoms with Crippen LogP contribution in [0.25, 0.3) is 0 Å². The van der Waals surface area contributed by atoms with E-state index in [0.717, 1.165) is 24.8 Å². The smallest absolute Gasteiger partial charge is 0.251 e. The third-order valence-electron chi connectivity index (χ3n) is 5.90. The molecule has 0 unspecified atom stereocenters. The number of hydrogen-bond donors (Lipinski definition) is 1. The summed E-state index contributed by atoms with van der Waals surface area (Å²) < 4.78 is 16.2. The van der Waals surface area contributed by atoms with E-state index in [1.165, 1.54) is 0 Å². The maximum absolute atomic E-state index is 13.5. The minimum absolute atomic E-state index is 0.116. The standard InChI is InChI=1S/C23H27N3O4S/c1-28-18-14-17(15-19(29-2)20(18)30-3)24-22(31)26-13-7-12-25(26)21(27)23(10-11-23)16-8-5-4-6-9-16/h4-6,8-9,14-15H,7,10-13H2,1-3H3,(H,24,31). The second kappa shape index (κ2) is 8.63. The number of methoxy groups -OCH3 is 3. The van der Waals surface area contributed by atoms with Gasteiger partial charge in [-0.3, -0.25) is 14.8 Å². The molecule has 1 aliphatic heterocycles. The summed E-state index contributed by atoms with van der Waals surface area (Å²) in [5.41, 5.74) is 1.35. The van der Waals surface area contributed by atoms with Crippen molar-refractivity contribution in [1.29, 1.82) is 0 Å². The van der Waals surface area contributed by atoms with Crippen molar-refractivity contribution in [3.05, 3.63) is 48.0 Å². The summed E-state index contributed by atoms with van der Waals surface area (Å²) in [6.45, 7) is 1.34. The number of rotatable bonds is 6. The Morgan fingerprint density at radius 1 is 0.968 bits per heavy atom. The predicted octanol–water partition coefficient (Wildman–Crippen LogP) is 3.59. The highest BCUT2D eigenvalue weighted by molar-refractivity contribution is 7.80. The van der Waals surface area contributed by atoms with E-state index in [0.29, 0.717) is 41.1 Å². The Labute approximate surface area is 187 Å². The van der Waals surface area contributed by atoms with Crippen molar-refractivity contribution in [2.75, 3.05) is 39.7 Å². The van der Waals surface area contributed by atoms with Gasteiger partial charge in [-0.1, -0.05) is 30.3 Å². The average molecular weight is 442 g/mol. The fourth-order valence-corrected chi connectivity index (χ4v) is 4.44. The average Bonchev–Trinajstić information content (AvgIpc) is 3.47. The Kier molecular flexibility index (Phi) is 5.91. The van der Waals surface area contributed by atoms with Crippen LogP contribution in [0.2, 0.25) is 0 Å². The zero-order valence-electron chi connectivity index (χ0n) is 18.0. The van der Waals surface area contributed by atoms with Crippen LogP contribution in [-0.4, -0.2) is 55.5 Å². The van der Waals surface area contributed by atoms with Crippen LogP contribution in [0.5, 0.6) is 17.2 Å². The molecule has 164 valence electrons. The van der Waals surface area contributed by atoms with Crippen molar-refractivity contribution in [3.63, 3.8) is 0 Å². The van der Waals surface area contributed by atoms with Gasteiger partial charge in [-0.2, -0.15) is 0 Å². The second-order valence-corrected chi connectivity index (χ2v) is 8.08. The molecule has 1 aliphatic carbocycles. The maximum atomic E-state index is 13.5. The Bertz CT molecular complexity index is 953. The van der Waals surface area contributed by atoms with Gasteiger partial charge in [-0.05, 0) is 37.0 Å². The Hall–Kier alpha value is -3.00. The van der Waals surface area contributed by atoms with Crippen molar-refractivity contribution in [2.45, 2.75) is 24.7 Å². The Morgan fingerprint density at radius 2 is 1.58 bits per heavy atom. The topological polar surface area (TPSA) is 63.3 Å². The number of anilines is 1. The summed E-state index contributed by atoms with van der Waals surface area (Å²) in [5.74, 6) is 1.69. The van der Waals surface area contributed by atoms with Gasteiger partial charge < -0.3 is 19.5 Å². The quantitative estimate of drug-likeness (QED) is 0.688. The molecule has 2 aliphatic rings. The number of nitrogens with zero attached hydrogens (tertiary/aromatic N) is 2. The summed E-state index contributed by atoms with van der Waals surface area (Å²) in [6.07, 6.45) is 2.61. The molecule has 1 heterocycles. The molecule has 0 atom stereocenters. The molecule has 1 N–H and O–H groups in total. The molecule has 0 radical (unpaired) electrons. The van der Waals surface area contributed by atoms with E-state index in [4.69, 9.17) is 26.4 Å². The molecular formula is C23H27N3O4S. The Morgan fingerprint density at radius 3 is 2.13 bits per heavy atom. The van der Waals surface area contributed by atoms with Crippen molar-refractivity contribution in [2.24, 2.45) is 0 Å². The van der Waals surface area contributed by atoms with E-state index in [1.54, 1.807) is 38.5 Å². The van der Waals surface area contributed by atoms with E-state index in [-0.39, 0.29) is 5.91 Å². The highest BCUT2D eigenvalue weighted by Crippen LogP contribution is 2.50. The summed E-state index contributed by atoms with van der Waals surface area (Å²) in [7, 11) is 4.70. The molecule has 0 spiro atoms. The van der Waals surface area contributed by atoms with Gasteiger partial charge in [-0.25, -0.2) is 0 Å². The molecule has 2 fully saturated rings. The number of benzene rings is 2. The molecule has 1 saturated heterocycles. The lowest BCUT2D eigenvalue weighted by Crippen LogP contribution is -2.50. The first kappa shape index (κ1) is 21.2. The van der Waals surface area contributed by atoms with Crippen molar-refractivity contribution < 1.29 is 19.0 Å². The minimum atomic E-state index is -0.425. The summed E-state index contributed by atoms with van der Waals surface area (Å²) >= 11 is 5.68. The number of carbonyl (C=O) groups is 1. The van der Waals surface area contributed by atoms with Crippen LogP contribution in [-0.2, 0) is 10.2 Å². The van der Waals surface area contributed by atoms with E-state index < -0.39 is 5.41 Å². The number of hydrogen-bond acceptors (Lipinski definition) is 5. The first-order chi connectivity index (χ1) is 15.0. The predicted molar refractivity (Wildman–Crippen MR) is 123 cm³/mol. The molecule has 1 saturated carbocycles. The highest BCUT2D eigenvalue weighted by Gasteiger charge is 2.54. The lowest BCUT2D eigenvalue weighted by molar-refractivity contribution is -0.141. The molecule has 4 rings (SSSR count). The third-order valence-corrected chi connectivity index (χ3v) is 6.21. The number of thiocarbonyl (C=S) groups is 1. The van der Waals surface area contributed by atoms with Gasteiger partial charge in [0.25, 0.3) is 5.91 Å². The molecular weight excluding hydrogens is 414 g/mol. The van der Waals surface area contributed by atoms with Crippen molar-refractivity contribution in [3.8, 4) is 17.2 Å². The van der Waals surface area contributed by atoms with Gasteiger partial charge in [0.05, 0.1) is 26.7 Å². The molecule has 0 bridgehead atoms. The van der Waals surface area contributed by atoms with Gasteiger partial charge >= 0.3 is 0 Å². The SMILES string of the molecule is COc1cc(NC(=S)N2CCCN2C(=O)C2(c3ccccc3)CC2)cc(OC)c1OC. The molecule has 8 heteroatoms. The molecule has 2 aromatic carbocycles. The molecule has 0 aromatic heterocycles. The van der Waals surface area contributed by atoms with Crippen LogP contribution >= 0.6 is 12.2 Å². The van der Waals surface area contributed by atoms with Gasteiger partial charge in [-0.15, -0.1) is 0 Å². The van der Waals surface area contributed by atoms with Gasteiger partial charge in [0.2, 0.25) is 5.75 Å². The lowest BCUT2D eigenvalue weighted by atomic mass is 9.95. The van der Waals surface area contributed by atoms with E-state index in [1.807, 2.05) is 35.3 Å². The number of hydrazine groups is 1. The lowest BCUT2D eigenvalue weighted by Gasteiger charge is -2.33. The van der Waals surface area contributed by atoms with Crippen LogP contribution in [0.15, 0.2) is 42.5 Å². The fourth-order valence-electron chi connectivity index (χ4n) is 4.13. The normalized spacial score (nSPS) is 16.6. The molecule has 31 heavy (non-hydrogen) atoms. The van der Waals surface area contributed by atoms with Gasteiger partial charge in [0, 0.05) is 30.9 Å². The summed E-state index contributed by atoms with van der Waals surface area (Å²) in [4.78, 5) is 13.5. The number of nitrogens with one attached hydrogen (secondary N) is 1.